The number of ether oxygens (including phenoxy) is 2. The van der Waals surface area contributed by atoms with Crippen molar-refractivity contribution >= 4 is 12.0 Å². The lowest BCUT2D eigenvalue weighted by atomic mass is 10.1. The van der Waals surface area contributed by atoms with Crippen LogP contribution in [0.15, 0.2) is 48.5 Å². The first-order valence-corrected chi connectivity index (χ1v) is 8.58. The first-order valence-electron chi connectivity index (χ1n) is 8.58. The third-order valence-electron chi connectivity index (χ3n) is 4.02. The first-order chi connectivity index (χ1) is 13.2. The van der Waals surface area contributed by atoms with E-state index >= 15 is 0 Å². The highest BCUT2D eigenvalue weighted by Crippen LogP contribution is 2.30. The summed E-state index contributed by atoms with van der Waals surface area (Å²) in [5.41, 5.74) is 0.816. The molecule has 0 saturated heterocycles. The molecule has 0 aliphatic heterocycles. The fraction of sp³-hybridized carbons (Fsp3) is 0.286. The number of nitrogens with zero attached hydrogens (tertiary/aromatic N) is 1. The van der Waals surface area contributed by atoms with Crippen molar-refractivity contribution in [3.63, 3.8) is 0 Å². The summed E-state index contributed by atoms with van der Waals surface area (Å²) >= 11 is 0. The molecule has 4 nitrogen and oxygen atoms in total. The second-order valence-electron chi connectivity index (χ2n) is 6.14. The summed E-state index contributed by atoms with van der Waals surface area (Å²) in [4.78, 5) is 13.7. The van der Waals surface area contributed by atoms with Gasteiger partial charge in [-0.25, -0.2) is 0 Å². The quantitative estimate of drug-likeness (QED) is 0.679. The number of allylic oxidation sites excluding steroid dienone is 1. The van der Waals surface area contributed by atoms with Crippen LogP contribution in [0.1, 0.15) is 23.6 Å². The van der Waals surface area contributed by atoms with Gasteiger partial charge in [-0.05, 0) is 42.3 Å². The maximum Gasteiger partial charge on any atom is 0.416 e. The van der Waals surface area contributed by atoms with Gasteiger partial charge >= 0.3 is 6.18 Å². The molecule has 0 fully saturated rings. The van der Waals surface area contributed by atoms with Crippen molar-refractivity contribution in [3.05, 3.63) is 65.2 Å². The van der Waals surface area contributed by atoms with Crippen molar-refractivity contribution in [3.8, 4) is 11.5 Å². The highest BCUT2D eigenvalue weighted by atomic mass is 19.4. The van der Waals surface area contributed by atoms with Crippen LogP contribution in [-0.2, 0) is 17.5 Å². The van der Waals surface area contributed by atoms with Crippen LogP contribution < -0.4 is 9.47 Å². The van der Waals surface area contributed by atoms with Crippen LogP contribution in [0.4, 0.5) is 13.2 Å². The van der Waals surface area contributed by atoms with Crippen LogP contribution in [0.3, 0.4) is 0 Å². The summed E-state index contributed by atoms with van der Waals surface area (Å²) in [6.07, 6.45) is -0.570. The largest absolute Gasteiger partial charge is 0.493 e. The molecule has 28 heavy (non-hydrogen) atoms. The Kier molecular flexibility index (Phi) is 7.09. The third-order valence-corrected chi connectivity index (χ3v) is 4.02. The van der Waals surface area contributed by atoms with Gasteiger partial charge in [-0.15, -0.1) is 0 Å². The molecule has 0 aliphatic rings. The Labute approximate surface area is 162 Å². The van der Waals surface area contributed by atoms with E-state index in [9.17, 15) is 18.0 Å². The normalized spacial score (nSPS) is 11.5. The van der Waals surface area contributed by atoms with E-state index in [2.05, 4.69) is 0 Å². The zero-order valence-corrected chi connectivity index (χ0v) is 15.9. The summed E-state index contributed by atoms with van der Waals surface area (Å²) in [7, 11) is 3.08. The Morgan fingerprint density at radius 3 is 2.36 bits per heavy atom. The zero-order chi connectivity index (χ0) is 20.7. The molecule has 0 spiro atoms. The van der Waals surface area contributed by atoms with E-state index < -0.39 is 11.7 Å². The second kappa shape index (κ2) is 9.30. The van der Waals surface area contributed by atoms with Crippen LogP contribution in [0.5, 0.6) is 11.5 Å². The minimum atomic E-state index is -4.38. The molecule has 0 aliphatic carbocycles. The molecule has 1 amide bonds. The number of likely N-dealkylation sites (N-methyl/N-ethyl adjacent to an activating group) is 1. The first kappa shape index (κ1) is 21.3. The number of benzene rings is 2. The number of carbonyl (C=O) groups excluding carboxylic acids is 1. The number of rotatable bonds is 7. The number of carbonyl (C=O) groups is 1. The number of amides is 1. The summed E-state index contributed by atoms with van der Waals surface area (Å²) in [5, 5.41) is 0. The number of halogens is 3. The Hall–Kier alpha value is -2.96. The molecular formula is C21H22F3NO3. The minimum Gasteiger partial charge on any atom is -0.493 e. The van der Waals surface area contributed by atoms with Gasteiger partial charge in [0.2, 0.25) is 0 Å². The maximum atomic E-state index is 12.6. The van der Waals surface area contributed by atoms with Gasteiger partial charge in [0.05, 0.1) is 12.7 Å². The van der Waals surface area contributed by atoms with Gasteiger partial charge < -0.3 is 14.4 Å². The van der Waals surface area contributed by atoms with Crippen molar-refractivity contribution in [2.24, 2.45) is 0 Å². The van der Waals surface area contributed by atoms with Crippen molar-refractivity contribution in [2.75, 3.05) is 20.8 Å². The molecule has 7 heteroatoms. The number of hydrogen-bond acceptors (Lipinski definition) is 3. The maximum absolute atomic E-state index is 12.6. The topological polar surface area (TPSA) is 38.8 Å². The highest BCUT2D eigenvalue weighted by Gasteiger charge is 2.30. The molecule has 0 atom stereocenters. The Morgan fingerprint density at radius 2 is 1.79 bits per heavy atom. The van der Waals surface area contributed by atoms with Crippen molar-refractivity contribution in [1.29, 1.82) is 0 Å². The average molecular weight is 393 g/mol. The molecule has 2 aromatic rings. The number of alkyl halides is 3. The molecule has 2 rings (SSSR count). The fourth-order valence-electron chi connectivity index (χ4n) is 2.51. The molecular weight excluding hydrogens is 371 g/mol. The van der Waals surface area contributed by atoms with Crippen LogP contribution in [0.25, 0.3) is 6.08 Å². The van der Waals surface area contributed by atoms with Gasteiger partial charge in [-0.1, -0.05) is 30.4 Å². The van der Waals surface area contributed by atoms with E-state index in [4.69, 9.17) is 9.47 Å². The highest BCUT2D eigenvalue weighted by molar-refractivity contribution is 5.77. The fourth-order valence-corrected chi connectivity index (χ4v) is 2.51. The van der Waals surface area contributed by atoms with E-state index in [0.717, 1.165) is 17.7 Å². The van der Waals surface area contributed by atoms with Crippen LogP contribution in [0, 0.1) is 0 Å². The summed E-state index contributed by atoms with van der Waals surface area (Å²) in [6.45, 7) is 1.87. The summed E-state index contributed by atoms with van der Waals surface area (Å²) in [5.74, 6) is 0.639. The average Bonchev–Trinajstić information content (AvgIpc) is 2.66. The summed E-state index contributed by atoms with van der Waals surface area (Å²) in [6, 6.07) is 10.1. The molecule has 0 radical (unpaired) electrons. The lowest BCUT2D eigenvalue weighted by molar-refractivity contribution is -0.137. The standard InChI is InChI=1S/C21H22F3NO3/c1-4-5-15-8-11-18(19(12-15)27-3)28-14-20(26)25(2)13-16-6-9-17(10-7-16)21(22,23)24/h4-12H,13-14H2,1-3H3/b5-4+. The molecule has 0 N–H and O–H groups in total. The van der Waals surface area contributed by atoms with Crippen molar-refractivity contribution in [1.82, 2.24) is 4.90 Å². The van der Waals surface area contributed by atoms with E-state index in [1.54, 1.807) is 19.2 Å². The van der Waals surface area contributed by atoms with Gasteiger partial charge in [0.1, 0.15) is 0 Å². The molecule has 0 unspecified atom stereocenters. The SMILES string of the molecule is C/C=C/c1ccc(OCC(=O)N(C)Cc2ccc(C(F)(F)F)cc2)c(OC)c1. The molecule has 0 bridgehead atoms. The predicted octanol–water partition coefficient (Wildman–Crippen LogP) is 4.78. The monoisotopic (exact) mass is 393 g/mol. The zero-order valence-electron chi connectivity index (χ0n) is 15.9. The van der Waals surface area contributed by atoms with Crippen molar-refractivity contribution in [2.45, 2.75) is 19.6 Å². The van der Waals surface area contributed by atoms with Gasteiger partial charge in [-0.2, -0.15) is 13.2 Å². The van der Waals surface area contributed by atoms with Gasteiger partial charge in [0.25, 0.3) is 5.91 Å². The number of methoxy groups -OCH3 is 1. The van der Waals surface area contributed by atoms with E-state index in [0.29, 0.717) is 17.1 Å². The van der Waals surface area contributed by atoms with E-state index in [1.807, 2.05) is 25.1 Å². The molecule has 150 valence electrons. The van der Waals surface area contributed by atoms with E-state index in [-0.39, 0.29) is 19.1 Å². The third kappa shape index (κ3) is 5.77. The van der Waals surface area contributed by atoms with Crippen molar-refractivity contribution < 1.29 is 27.4 Å². The molecule has 2 aromatic carbocycles. The molecule has 0 aromatic heterocycles. The van der Waals surface area contributed by atoms with Gasteiger partial charge in [-0.3, -0.25) is 4.79 Å². The van der Waals surface area contributed by atoms with Gasteiger partial charge in [0, 0.05) is 13.6 Å². The van der Waals surface area contributed by atoms with Gasteiger partial charge in [0.15, 0.2) is 18.1 Å². The second-order valence-corrected chi connectivity index (χ2v) is 6.14. The lowest BCUT2D eigenvalue weighted by Gasteiger charge is -2.18. The van der Waals surface area contributed by atoms with Crippen LogP contribution in [-0.4, -0.2) is 31.6 Å². The Morgan fingerprint density at radius 1 is 1.11 bits per heavy atom. The Balaban J connectivity index is 1.95. The van der Waals surface area contributed by atoms with E-state index in [1.165, 1.54) is 24.1 Å². The molecule has 0 saturated carbocycles. The molecule has 0 heterocycles. The van der Waals surface area contributed by atoms with Crippen LogP contribution in [0.2, 0.25) is 0 Å². The lowest BCUT2D eigenvalue weighted by Crippen LogP contribution is -2.31. The Bertz CT molecular complexity index is 830. The minimum absolute atomic E-state index is 0.178. The van der Waals surface area contributed by atoms with Crippen LogP contribution >= 0.6 is 0 Å². The number of hydrogen-bond donors (Lipinski definition) is 0. The predicted molar refractivity (Wildman–Crippen MR) is 101 cm³/mol. The smallest absolute Gasteiger partial charge is 0.416 e. The summed E-state index contributed by atoms with van der Waals surface area (Å²) < 4.78 is 48.7.